The van der Waals surface area contributed by atoms with Gasteiger partial charge in [-0.05, 0) is 35.9 Å². The van der Waals surface area contributed by atoms with Crippen LogP contribution in [0, 0.1) is 5.82 Å². The summed E-state index contributed by atoms with van der Waals surface area (Å²) in [5.74, 6) is 0.300. The van der Waals surface area contributed by atoms with Crippen LogP contribution in [0.5, 0.6) is 5.75 Å². The Morgan fingerprint density at radius 3 is 2.64 bits per heavy atom. The first kappa shape index (κ1) is 15.7. The molecule has 2 aromatic carbocycles. The van der Waals surface area contributed by atoms with Gasteiger partial charge in [-0.1, -0.05) is 48.0 Å². The number of nitrogens with one attached hydrogen (secondary N) is 1. The van der Waals surface area contributed by atoms with E-state index < -0.39 is 0 Å². The van der Waals surface area contributed by atoms with Gasteiger partial charge in [0.2, 0.25) is 0 Å². The average Bonchev–Trinajstić information content (AvgIpc) is 3.07. The fraction of sp³-hybridized carbons (Fsp3) is 0.0500. The third kappa shape index (κ3) is 3.21. The van der Waals surface area contributed by atoms with Crippen molar-refractivity contribution >= 4 is 22.5 Å². The molecular formula is C20H14ClFN2O. The Hall–Kier alpha value is -2.85. The molecule has 4 rings (SSSR count). The molecule has 25 heavy (non-hydrogen) atoms. The maximum atomic E-state index is 14.0. The second kappa shape index (κ2) is 6.57. The molecule has 0 saturated carbocycles. The van der Waals surface area contributed by atoms with Gasteiger partial charge in [0.15, 0.2) is 0 Å². The summed E-state index contributed by atoms with van der Waals surface area (Å²) in [6.45, 7) is 0.408. The Labute approximate surface area is 149 Å². The van der Waals surface area contributed by atoms with E-state index in [0.717, 1.165) is 5.56 Å². The number of hydrogen-bond acceptors (Lipinski definition) is 2. The van der Waals surface area contributed by atoms with Crippen LogP contribution in [0.15, 0.2) is 66.7 Å². The third-order valence-corrected chi connectivity index (χ3v) is 4.14. The highest BCUT2D eigenvalue weighted by Crippen LogP contribution is 2.32. The topological polar surface area (TPSA) is 37.9 Å². The molecule has 1 N–H and O–H groups in total. The van der Waals surface area contributed by atoms with Gasteiger partial charge in [0.25, 0.3) is 0 Å². The van der Waals surface area contributed by atoms with Crippen molar-refractivity contribution in [2.24, 2.45) is 0 Å². The van der Waals surface area contributed by atoms with Crippen LogP contribution in [0.3, 0.4) is 0 Å². The Morgan fingerprint density at radius 2 is 1.84 bits per heavy atom. The summed E-state index contributed by atoms with van der Waals surface area (Å²) in [4.78, 5) is 7.54. The van der Waals surface area contributed by atoms with Gasteiger partial charge >= 0.3 is 0 Å². The fourth-order valence-corrected chi connectivity index (χ4v) is 2.86. The molecule has 0 saturated heterocycles. The van der Waals surface area contributed by atoms with E-state index in [1.807, 2.05) is 36.4 Å². The van der Waals surface area contributed by atoms with Crippen LogP contribution in [0.2, 0.25) is 5.15 Å². The van der Waals surface area contributed by atoms with Crippen LogP contribution < -0.4 is 4.74 Å². The predicted octanol–water partition coefficient (Wildman–Crippen LogP) is 5.60. The van der Waals surface area contributed by atoms with Crippen molar-refractivity contribution in [3.63, 3.8) is 0 Å². The van der Waals surface area contributed by atoms with Crippen molar-refractivity contribution in [3.05, 3.63) is 83.3 Å². The number of H-pyrrole nitrogens is 1. The molecule has 4 aromatic rings. The van der Waals surface area contributed by atoms with E-state index in [0.29, 0.717) is 39.8 Å². The first-order chi connectivity index (χ1) is 12.2. The zero-order valence-electron chi connectivity index (χ0n) is 13.2. The van der Waals surface area contributed by atoms with E-state index in [4.69, 9.17) is 16.3 Å². The van der Waals surface area contributed by atoms with Gasteiger partial charge in [0.05, 0.1) is 5.69 Å². The second-order valence-electron chi connectivity index (χ2n) is 5.64. The first-order valence-electron chi connectivity index (χ1n) is 7.81. The van der Waals surface area contributed by atoms with Gasteiger partial charge in [0.1, 0.15) is 29.0 Å². The largest absolute Gasteiger partial charge is 0.487 e. The van der Waals surface area contributed by atoms with E-state index in [1.54, 1.807) is 24.3 Å². The number of aromatic nitrogens is 2. The first-order valence-corrected chi connectivity index (χ1v) is 8.19. The molecule has 2 aromatic heterocycles. The van der Waals surface area contributed by atoms with Crippen molar-refractivity contribution < 1.29 is 9.13 Å². The van der Waals surface area contributed by atoms with Crippen LogP contribution >= 0.6 is 11.6 Å². The molecule has 124 valence electrons. The smallest absolute Gasteiger partial charge is 0.147 e. The van der Waals surface area contributed by atoms with Crippen LogP contribution in [-0.4, -0.2) is 9.97 Å². The quantitative estimate of drug-likeness (QED) is 0.485. The molecule has 0 bridgehead atoms. The molecule has 0 aliphatic carbocycles. The Bertz CT molecular complexity index is 1030. The minimum Gasteiger partial charge on any atom is -0.487 e. The highest BCUT2D eigenvalue weighted by molar-refractivity contribution is 6.29. The zero-order valence-corrected chi connectivity index (χ0v) is 13.9. The van der Waals surface area contributed by atoms with Crippen LogP contribution in [-0.2, 0) is 6.61 Å². The zero-order chi connectivity index (χ0) is 17.2. The number of pyridine rings is 1. The Balaban J connectivity index is 1.72. The van der Waals surface area contributed by atoms with E-state index in [-0.39, 0.29) is 5.82 Å². The summed E-state index contributed by atoms with van der Waals surface area (Å²) < 4.78 is 19.9. The third-order valence-electron chi connectivity index (χ3n) is 3.93. The minimum atomic E-state index is -0.284. The second-order valence-corrected chi connectivity index (χ2v) is 6.03. The maximum Gasteiger partial charge on any atom is 0.147 e. The number of halogens is 2. The molecule has 0 aliphatic heterocycles. The molecule has 0 aliphatic rings. The summed E-state index contributed by atoms with van der Waals surface area (Å²) in [6.07, 6.45) is 0. The summed E-state index contributed by atoms with van der Waals surface area (Å²) in [5, 5.41) is 0.856. The minimum absolute atomic E-state index is 0.284. The van der Waals surface area contributed by atoms with E-state index in [9.17, 15) is 4.39 Å². The van der Waals surface area contributed by atoms with Crippen molar-refractivity contribution in [1.29, 1.82) is 0 Å². The average molecular weight is 353 g/mol. The van der Waals surface area contributed by atoms with Gasteiger partial charge in [-0.3, -0.25) is 0 Å². The van der Waals surface area contributed by atoms with Crippen LogP contribution in [0.4, 0.5) is 4.39 Å². The molecule has 3 nitrogen and oxygen atoms in total. The normalized spacial score (nSPS) is 11.0. The lowest BCUT2D eigenvalue weighted by molar-refractivity contribution is 0.306. The Kier molecular flexibility index (Phi) is 4.12. The van der Waals surface area contributed by atoms with Crippen molar-refractivity contribution in [1.82, 2.24) is 9.97 Å². The lowest BCUT2D eigenvalue weighted by atomic mass is 10.2. The summed E-state index contributed by atoms with van der Waals surface area (Å²) in [7, 11) is 0. The highest BCUT2D eigenvalue weighted by atomic mass is 35.5. The van der Waals surface area contributed by atoms with E-state index in [1.165, 1.54) is 6.07 Å². The van der Waals surface area contributed by atoms with Crippen LogP contribution in [0.1, 0.15) is 5.56 Å². The van der Waals surface area contributed by atoms with Crippen molar-refractivity contribution in [3.8, 4) is 17.1 Å². The molecule has 0 spiro atoms. The number of rotatable bonds is 4. The standard InChI is InChI=1S/C20H14ClFN2O/c21-19-10-9-18(25-12-13-5-2-1-3-6-13)20(24-19)17-11-14-15(22)7-4-8-16(14)23-17/h1-11,23H,12H2. The molecule has 0 unspecified atom stereocenters. The van der Waals surface area contributed by atoms with E-state index >= 15 is 0 Å². The highest BCUT2D eigenvalue weighted by Gasteiger charge is 2.14. The summed E-state index contributed by atoms with van der Waals surface area (Å²) >= 11 is 6.06. The maximum absolute atomic E-state index is 14.0. The predicted molar refractivity (Wildman–Crippen MR) is 97.3 cm³/mol. The monoisotopic (exact) mass is 352 g/mol. The molecule has 0 fully saturated rings. The van der Waals surface area contributed by atoms with Crippen molar-refractivity contribution in [2.75, 3.05) is 0 Å². The number of hydrogen-bond donors (Lipinski definition) is 1. The molecule has 0 atom stereocenters. The van der Waals surface area contributed by atoms with Crippen LogP contribution in [0.25, 0.3) is 22.3 Å². The van der Waals surface area contributed by atoms with E-state index in [2.05, 4.69) is 9.97 Å². The Morgan fingerprint density at radius 1 is 1.00 bits per heavy atom. The lowest BCUT2D eigenvalue weighted by Crippen LogP contribution is -1.98. The SMILES string of the molecule is Fc1cccc2[nH]c(-c3nc(Cl)ccc3OCc3ccccc3)cc12. The summed E-state index contributed by atoms with van der Waals surface area (Å²) in [5.41, 5.74) is 2.96. The molecule has 0 amide bonds. The van der Waals surface area contributed by atoms with Gasteiger partial charge in [-0.2, -0.15) is 0 Å². The van der Waals surface area contributed by atoms with Gasteiger partial charge in [0, 0.05) is 10.9 Å². The van der Waals surface area contributed by atoms with Crippen molar-refractivity contribution in [2.45, 2.75) is 6.61 Å². The number of benzene rings is 2. The van der Waals surface area contributed by atoms with Gasteiger partial charge < -0.3 is 9.72 Å². The number of ether oxygens (including phenoxy) is 1. The number of nitrogens with zero attached hydrogens (tertiary/aromatic N) is 1. The fourth-order valence-electron chi connectivity index (χ4n) is 2.71. The number of fused-ring (bicyclic) bond motifs is 1. The molecule has 0 radical (unpaired) electrons. The van der Waals surface area contributed by atoms with Gasteiger partial charge in [-0.25, -0.2) is 9.37 Å². The number of aromatic amines is 1. The molecule has 2 heterocycles. The molecule has 5 heteroatoms. The lowest BCUT2D eigenvalue weighted by Gasteiger charge is -2.10. The summed E-state index contributed by atoms with van der Waals surface area (Å²) in [6, 6.07) is 19.9. The van der Waals surface area contributed by atoms with Gasteiger partial charge in [-0.15, -0.1) is 0 Å². The molecular weight excluding hydrogens is 339 g/mol.